The third kappa shape index (κ3) is 6.65. The summed E-state index contributed by atoms with van der Waals surface area (Å²) in [5, 5.41) is 0. The average molecular weight is 312 g/mol. The van der Waals surface area contributed by atoms with E-state index in [1.165, 1.54) is 0 Å². The molecule has 1 amide bonds. The number of nitrogens with two attached hydrogens (primary N) is 1. The molecule has 0 saturated heterocycles. The van der Waals surface area contributed by atoms with Gasteiger partial charge in [0.25, 0.3) is 0 Å². The van der Waals surface area contributed by atoms with Crippen LogP contribution in [0.1, 0.15) is 41.0 Å². The number of nitrogens with zero attached hydrogens (tertiary/aromatic N) is 1. The molecule has 0 aromatic rings. The second kappa shape index (κ2) is 7.45. The summed E-state index contributed by atoms with van der Waals surface area (Å²) in [5.41, 5.74) is 3.92. The summed E-state index contributed by atoms with van der Waals surface area (Å²) in [4.78, 5) is 13.3. The van der Waals surface area contributed by atoms with E-state index in [1.807, 2.05) is 0 Å². The zero-order valence-electron chi connectivity index (χ0n) is 13.5. The minimum Gasteiger partial charge on any atom is -0.382 e. The molecular weight excluding hydrogens is 285 g/mol. The quantitative estimate of drug-likeness (QED) is 0.701. The normalized spacial score (nSPS) is 13.4. The highest BCUT2D eigenvalue weighted by Crippen LogP contribution is 2.32. The third-order valence-electron chi connectivity index (χ3n) is 3.72. The van der Waals surface area contributed by atoms with Gasteiger partial charge in [0.2, 0.25) is 5.91 Å². The number of hydrogen-bond donors (Lipinski definition) is 1. The summed E-state index contributed by atoms with van der Waals surface area (Å²) in [6, 6.07) is 0. The predicted molar refractivity (Wildman–Crippen MR) is 75.8 cm³/mol. The highest BCUT2D eigenvalue weighted by molar-refractivity contribution is 5.83. The first-order chi connectivity index (χ1) is 9.33. The molecule has 7 heteroatoms. The number of halogens is 3. The van der Waals surface area contributed by atoms with Crippen molar-refractivity contribution >= 4 is 5.91 Å². The maximum Gasteiger partial charge on any atom is 0.406 e. The van der Waals surface area contributed by atoms with Gasteiger partial charge in [-0.3, -0.25) is 4.79 Å². The van der Waals surface area contributed by atoms with Gasteiger partial charge in [0.15, 0.2) is 0 Å². The molecule has 0 aromatic heterocycles. The van der Waals surface area contributed by atoms with E-state index in [0.717, 1.165) is 4.90 Å². The van der Waals surface area contributed by atoms with Crippen LogP contribution >= 0.6 is 0 Å². The molecule has 0 rings (SSSR count). The summed E-state index contributed by atoms with van der Waals surface area (Å²) >= 11 is 0. The van der Waals surface area contributed by atoms with Crippen molar-refractivity contribution in [3.05, 3.63) is 0 Å². The fourth-order valence-electron chi connectivity index (χ4n) is 1.64. The fourth-order valence-corrected chi connectivity index (χ4v) is 1.64. The van der Waals surface area contributed by atoms with Crippen molar-refractivity contribution in [3.8, 4) is 0 Å². The van der Waals surface area contributed by atoms with Crippen molar-refractivity contribution < 1.29 is 22.7 Å². The summed E-state index contributed by atoms with van der Waals surface area (Å²) in [6.45, 7) is 7.77. The molecule has 0 atom stereocenters. The van der Waals surface area contributed by atoms with Crippen LogP contribution in [-0.4, -0.2) is 48.8 Å². The number of alkyl halides is 3. The third-order valence-corrected chi connectivity index (χ3v) is 3.72. The minimum absolute atomic E-state index is 0.00213. The first-order valence-corrected chi connectivity index (χ1v) is 7.05. The molecule has 0 aliphatic rings. The second-order valence-corrected chi connectivity index (χ2v) is 6.24. The second-order valence-electron chi connectivity index (χ2n) is 6.24. The topological polar surface area (TPSA) is 55.6 Å². The molecule has 0 radical (unpaired) electrons. The van der Waals surface area contributed by atoms with Gasteiger partial charge in [-0.25, -0.2) is 0 Å². The standard InChI is InChI=1S/C14H27F3N2O2/c1-6-21-9-7-8-19(10-14(15,16)17)11(20)12(2,3)13(4,5)18/h6-10,18H2,1-5H3. The van der Waals surface area contributed by atoms with Crippen LogP contribution in [0.25, 0.3) is 0 Å². The summed E-state index contributed by atoms with van der Waals surface area (Å²) in [6.07, 6.45) is -4.08. The lowest BCUT2D eigenvalue weighted by atomic mass is 9.74. The average Bonchev–Trinajstić information content (AvgIpc) is 2.29. The highest BCUT2D eigenvalue weighted by atomic mass is 19.4. The van der Waals surface area contributed by atoms with E-state index in [1.54, 1.807) is 34.6 Å². The first-order valence-electron chi connectivity index (χ1n) is 7.05. The Kier molecular flexibility index (Phi) is 7.15. The van der Waals surface area contributed by atoms with E-state index in [2.05, 4.69) is 0 Å². The summed E-state index contributed by atoms with van der Waals surface area (Å²) < 4.78 is 43.1. The lowest BCUT2D eigenvalue weighted by molar-refractivity contribution is -0.169. The molecule has 0 bridgehead atoms. The van der Waals surface area contributed by atoms with Gasteiger partial charge in [0, 0.05) is 25.3 Å². The Morgan fingerprint density at radius 2 is 1.71 bits per heavy atom. The number of hydrogen-bond acceptors (Lipinski definition) is 3. The van der Waals surface area contributed by atoms with Crippen molar-refractivity contribution in [2.45, 2.75) is 52.8 Å². The zero-order valence-corrected chi connectivity index (χ0v) is 13.5. The number of rotatable bonds is 8. The van der Waals surface area contributed by atoms with Crippen LogP contribution < -0.4 is 5.73 Å². The summed E-state index contributed by atoms with van der Waals surface area (Å²) in [7, 11) is 0. The van der Waals surface area contributed by atoms with Crippen LogP contribution in [-0.2, 0) is 9.53 Å². The van der Waals surface area contributed by atoms with E-state index in [-0.39, 0.29) is 6.54 Å². The number of ether oxygens (including phenoxy) is 1. The highest BCUT2D eigenvalue weighted by Gasteiger charge is 2.45. The Balaban J connectivity index is 4.98. The largest absolute Gasteiger partial charge is 0.406 e. The Morgan fingerprint density at radius 3 is 2.10 bits per heavy atom. The predicted octanol–water partition coefficient (Wildman–Crippen LogP) is 2.57. The van der Waals surface area contributed by atoms with Crippen molar-refractivity contribution in [2.75, 3.05) is 26.3 Å². The van der Waals surface area contributed by atoms with Crippen LogP contribution in [0.3, 0.4) is 0 Å². The molecule has 0 aliphatic carbocycles. The molecule has 0 aromatic carbocycles. The monoisotopic (exact) mass is 312 g/mol. The van der Waals surface area contributed by atoms with E-state index in [4.69, 9.17) is 10.5 Å². The number of carbonyl (C=O) groups is 1. The molecule has 4 nitrogen and oxygen atoms in total. The Morgan fingerprint density at radius 1 is 1.19 bits per heavy atom. The molecule has 0 spiro atoms. The SMILES string of the molecule is CCOCCCN(CC(F)(F)F)C(=O)C(C)(C)C(C)(C)N. The maximum absolute atomic E-state index is 12.7. The van der Waals surface area contributed by atoms with Crippen LogP contribution in [0.5, 0.6) is 0 Å². The van der Waals surface area contributed by atoms with Gasteiger partial charge < -0.3 is 15.4 Å². The first kappa shape index (κ1) is 20.2. The van der Waals surface area contributed by atoms with Gasteiger partial charge in [-0.2, -0.15) is 13.2 Å². The van der Waals surface area contributed by atoms with Gasteiger partial charge in [-0.1, -0.05) is 0 Å². The molecular formula is C14H27F3N2O2. The molecule has 0 heterocycles. The Bertz CT molecular complexity index is 336. The van der Waals surface area contributed by atoms with E-state index in [0.29, 0.717) is 19.6 Å². The Hall–Kier alpha value is -0.820. The van der Waals surface area contributed by atoms with Crippen LogP contribution in [0.15, 0.2) is 0 Å². The Labute approximate surface area is 124 Å². The summed E-state index contributed by atoms with van der Waals surface area (Å²) in [5.74, 6) is -0.594. The van der Waals surface area contributed by atoms with E-state index in [9.17, 15) is 18.0 Å². The number of amides is 1. The maximum atomic E-state index is 12.7. The van der Waals surface area contributed by atoms with Crippen LogP contribution in [0.4, 0.5) is 13.2 Å². The van der Waals surface area contributed by atoms with Gasteiger partial charge in [-0.05, 0) is 41.0 Å². The molecule has 0 fully saturated rings. The lowest BCUT2D eigenvalue weighted by Gasteiger charge is -2.41. The van der Waals surface area contributed by atoms with Crippen LogP contribution in [0.2, 0.25) is 0 Å². The molecule has 2 N–H and O–H groups in total. The molecule has 21 heavy (non-hydrogen) atoms. The van der Waals surface area contributed by atoms with Gasteiger partial charge in [0.1, 0.15) is 6.54 Å². The molecule has 126 valence electrons. The van der Waals surface area contributed by atoms with Crippen LogP contribution in [0, 0.1) is 5.41 Å². The van der Waals surface area contributed by atoms with Gasteiger partial charge in [-0.15, -0.1) is 0 Å². The van der Waals surface area contributed by atoms with Gasteiger partial charge in [0.05, 0.1) is 5.41 Å². The molecule has 0 saturated carbocycles. The van der Waals surface area contributed by atoms with E-state index < -0.39 is 29.6 Å². The van der Waals surface area contributed by atoms with Crippen molar-refractivity contribution in [1.29, 1.82) is 0 Å². The fraction of sp³-hybridized carbons (Fsp3) is 0.929. The van der Waals surface area contributed by atoms with E-state index >= 15 is 0 Å². The number of carbonyl (C=O) groups excluding carboxylic acids is 1. The smallest absolute Gasteiger partial charge is 0.382 e. The lowest BCUT2D eigenvalue weighted by Crippen LogP contribution is -2.57. The zero-order chi connectivity index (χ0) is 16.9. The minimum atomic E-state index is -4.43. The van der Waals surface area contributed by atoms with Crippen molar-refractivity contribution in [2.24, 2.45) is 11.1 Å². The van der Waals surface area contributed by atoms with Crippen molar-refractivity contribution in [3.63, 3.8) is 0 Å². The molecule has 0 unspecified atom stereocenters. The molecule has 0 aliphatic heterocycles. The van der Waals surface area contributed by atoms with Crippen molar-refractivity contribution in [1.82, 2.24) is 4.90 Å². The van der Waals surface area contributed by atoms with Gasteiger partial charge >= 0.3 is 6.18 Å².